The number of halogens is 1. The van der Waals surface area contributed by atoms with Gasteiger partial charge in [0.1, 0.15) is 11.6 Å². The third-order valence-corrected chi connectivity index (χ3v) is 4.65. The van der Waals surface area contributed by atoms with E-state index in [1.807, 2.05) is 30.5 Å². The standard InChI is InChI=1S/C22H26FN3O/c23-20-6-4-17(5-7-20)10-13-27-22-3-1-2-18(14-22)19(15-24)16-26-21-8-11-25-12-9-21/h1-7,14-16,21,25H,8-13,24H2. The fraction of sp³-hybridized carbons (Fsp3) is 0.318. The average Bonchev–Trinajstić information content (AvgIpc) is 2.71. The highest BCUT2D eigenvalue weighted by atomic mass is 19.1. The molecule has 0 atom stereocenters. The van der Waals surface area contributed by atoms with E-state index in [1.54, 1.807) is 18.3 Å². The van der Waals surface area contributed by atoms with E-state index >= 15 is 0 Å². The van der Waals surface area contributed by atoms with Gasteiger partial charge in [0.25, 0.3) is 0 Å². The minimum absolute atomic E-state index is 0.223. The molecule has 1 fully saturated rings. The predicted octanol–water partition coefficient (Wildman–Crippen LogP) is 3.57. The first-order valence-electron chi connectivity index (χ1n) is 9.38. The molecule has 0 amide bonds. The van der Waals surface area contributed by atoms with Crippen LogP contribution >= 0.6 is 0 Å². The van der Waals surface area contributed by atoms with E-state index in [2.05, 4.69) is 10.3 Å². The zero-order valence-corrected chi connectivity index (χ0v) is 15.4. The van der Waals surface area contributed by atoms with Crippen molar-refractivity contribution < 1.29 is 9.13 Å². The zero-order chi connectivity index (χ0) is 18.9. The van der Waals surface area contributed by atoms with Crippen molar-refractivity contribution >= 4 is 11.8 Å². The predicted molar refractivity (Wildman–Crippen MR) is 109 cm³/mol. The number of benzene rings is 2. The van der Waals surface area contributed by atoms with Gasteiger partial charge in [0, 0.05) is 24.4 Å². The second-order valence-electron chi connectivity index (χ2n) is 6.63. The summed E-state index contributed by atoms with van der Waals surface area (Å²) >= 11 is 0. The number of nitrogens with two attached hydrogens (primary N) is 1. The van der Waals surface area contributed by atoms with Crippen LogP contribution in [0.15, 0.2) is 59.7 Å². The lowest BCUT2D eigenvalue weighted by atomic mass is 10.1. The smallest absolute Gasteiger partial charge is 0.123 e. The first kappa shape index (κ1) is 19.1. The fourth-order valence-electron chi connectivity index (χ4n) is 3.06. The van der Waals surface area contributed by atoms with Gasteiger partial charge in [-0.05, 0) is 61.3 Å². The Hall–Kier alpha value is -2.66. The lowest BCUT2D eigenvalue weighted by molar-refractivity contribution is 0.322. The van der Waals surface area contributed by atoms with Gasteiger partial charge < -0.3 is 15.8 Å². The van der Waals surface area contributed by atoms with Crippen molar-refractivity contribution in [1.82, 2.24) is 5.32 Å². The lowest BCUT2D eigenvalue weighted by Gasteiger charge is -2.18. The third kappa shape index (κ3) is 5.93. The molecule has 3 rings (SSSR count). The molecule has 1 saturated heterocycles. The number of ether oxygens (including phenoxy) is 1. The molecule has 1 aliphatic heterocycles. The van der Waals surface area contributed by atoms with Gasteiger partial charge in [-0.25, -0.2) is 4.39 Å². The van der Waals surface area contributed by atoms with Gasteiger partial charge in [-0.3, -0.25) is 4.99 Å². The monoisotopic (exact) mass is 367 g/mol. The Bertz CT molecular complexity index is 780. The van der Waals surface area contributed by atoms with Crippen LogP contribution in [0, 0.1) is 5.82 Å². The normalized spacial score (nSPS) is 16.0. The molecule has 2 aromatic rings. The minimum Gasteiger partial charge on any atom is -0.493 e. The summed E-state index contributed by atoms with van der Waals surface area (Å²) < 4.78 is 18.8. The summed E-state index contributed by atoms with van der Waals surface area (Å²) in [7, 11) is 0. The lowest BCUT2D eigenvalue weighted by Crippen LogP contribution is -2.29. The first-order valence-corrected chi connectivity index (χ1v) is 9.38. The van der Waals surface area contributed by atoms with Crippen molar-refractivity contribution in [2.24, 2.45) is 10.7 Å². The van der Waals surface area contributed by atoms with Gasteiger partial charge in [-0.2, -0.15) is 0 Å². The molecule has 0 aliphatic carbocycles. The summed E-state index contributed by atoms with van der Waals surface area (Å²) in [5.41, 5.74) is 8.73. The Labute approximate surface area is 160 Å². The highest BCUT2D eigenvalue weighted by Gasteiger charge is 2.10. The molecule has 142 valence electrons. The molecule has 3 N–H and O–H groups in total. The van der Waals surface area contributed by atoms with Crippen molar-refractivity contribution in [3.63, 3.8) is 0 Å². The molecule has 4 nitrogen and oxygen atoms in total. The van der Waals surface area contributed by atoms with Gasteiger partial charge in [-0.15, -0.1) is 0 Å². The molecule has 0 unspecified atom stereocenters. The Morgan fingerprint density at radius 2 is 1.96 bits per heavy atom. The Kier molecular flexibility index (Phi) is 6.99. The number of hydrogen-bond acceptors (Lipinski definition) is 4. The molecule has 1 aliphatic rings. The van der Waals surface area contributed by atoms with Crippen LogP contribution < -0.4 is 15.8 Å². The molecule has 0 radical (unpaired) electrons. The van der Waals surface area contributed by atoms with E-state index in [9.17, 15) is 4.39 Å². The Morgan fingerprint density at radius 3 is 2.70 bits per heavy atom. The third-order valence-electron chi connectivity index (χ3n) is 4.65. The molecule has 5 heteroatoms. The maximum atomic E-state index is 12.9. The molecule has 27 heavy (non-hydrogen) atoms. The number of rotatable bonds is 7. The molecule has 2 aromatic carbocycles. The van der Waals surface area contributed by atoms with E-state index in [0.717, 1.165) is 54.8 Å². The SMILES string of the molecule is NC=C(C=NC1CCNCC1)c1cccc(OCCc2ccc(F)cc2)c1. The first-order chi connectivity index (χ1) is 13.2. The van der Waals surface area contributed by atoms with Crippen molar-refractivity contribution in [2.75, 3.05) is 19.7 Å². The van der Waals surface area contributed by atoms with E-state index < -0.39 is 0 Å². The topological polar surface area (TPSA) is 59.6 Å². The molecular formula is C22H26FN3O. The van der Waals surface area contributed by atoms with Crippen LogP contribution in [0.3, 0.4) is 0 Å². The second-order valence-corrected chi connectivity index (χ2v) is 6.63. The zero-order valence-electron chi connectivity index (χ0n) is 15.4. The highest BCUT2D eigenvalue weighted by Crippen LogP contribution is 2.20. The number of nitrogens with one attached hydrogen (secondary N) is 1. The summed E-state index contributed by atoms with van der Waals surface area (Å²) in [4.78, 5) is 4.68. The number of piperidine rings is 1. The number of aliphatic imine (C=N–C) groups is 1. The number of hydrogen-bond donors (Lipinski definition) is 2. The van der Waals surface area contributed by atoms with E-state index in [0.29, 0.717) is 12.6 Å². The van der Waals surface area contributed by atoms with Gasteiger partial charge >= 0.3 is 0 Å². The summed E-state index contributed by atoms with van der Waals surface area (Å²) in [6.07, 6.45) is 6.29. The van der Waals surface area contributed by atoms with Crippen LogP contribution in [0.4, 0.5) is 4.39 Å². The number of nitrogens with zero attached hydrogens (tertiary/aromatic N) is 1. The summed E-state index contributed by atoms with van der Waals surface area (Å²) in [5, 5.41) is 3.34. The molecule has 1 heterocycles. The van der Waals surface area contributed by atoms with E-state index in [-0.39, 0.29) is 5.82 Å². The van der Waals surface area contributed by atoms with Crippen LogP contribution in [0.25, 0.3) is 5.57 Å². The van der Waals surface area contributed by atoms with E-state index in [4.69, 9.17) is 10.5 Å². The maximum Gasteiger partial charge on any atom is 0.123 e. The van der Waals surface area contributed by atoms with Crippen molar-refractivity contribution in [2.45, 2.75) is 25.3 Å². The van der Waals surface area contributed by atoms with Crippen molar-refractivity contribution in [3.05, 3.63) is 71.7 Å². The molecular weight excluding hydrogens is 341 g/mol. The van der Waals surface area contributed by atoms with Crippen LogP contribution in [-0.2, 0) is 6.42 Å². The Morgan fingerprint density at radius 1 is 1.19 bits per heavy atom. The van der Waals surface area contributed by atoms with Crippen molar-refractivity contribution in [3.8, 4) is 5.75 Å². The van der Waals surface area contributed by atoms with Gasteiger partial charge in [-0.1, -0.05) is 24.3 Å². The summed E-state index contributed by atoms with van der Waals surface area (Å²) in [5.74, 6) is 0.559. The van der Waals surface area contributed by atoms with Gasteiger partial charge in [0.05, 0.1) is 12.6 Å². The molecule has 0 spiro atoms. The van der Waals surface area contributed by atoms with Gasteiger partial charge in [0.2, 0.25) is 0 Å². The molecule has 0 aromatic heterocycles. The van der Waals surface area contributed by atoms with E-state index in [1.165, 1.54) is 12.1 Å². The minimum atomic E-state index is -0.223. The van der Waals surface area contributed by atoms with Crippen LogP contribution in [0.2, 0.25) is 0 Å². The largest absolute Gasteiger partial charge is 0.493 e. The van der Waals surface area contributed by atoms with Crippen LogP contribution in [0.5, 0.6) is 5.75 Å². The van der Waals surface area contributed by atoms with Crippen LogP contribution in [0.1, 0.15) is 24.0 Å². The maximum absolute atomic E-state index is 12.9. The quantitative estimate of drug-likeness (QED) is 0.736. The van der Waals surface area contributed by atoms with Gasteiger partial charge in [0.15, 0.2) is 0 Å². The van der Waals surface area contributed by atoms with Crippen LogP contribution in [-0.4, -0.2) is 32.0 Å². The molecule has 0 bridgehead atoms. The fourth-order valence-corrected chi connectivity index (χ4v) is 3.06. The summed E-state index contributed by atoms with van der Waals surface area (Å²) in [6, 6.07) is 14.7. The average molecular weight is 367 g/mol. The summed E-state index contributed by atoms with van der Waals surface area (Å²) in [6.45, 7) is 2.56. The number of allylic oxidation sites excluding steroid dienone is 1. The van der Waals surface area contributed by atoms with Crippen molar-refractivity contribution in [1.29, 1.82) is 0 Å². The Balaban J connectivity index is 1.58. The highest BCUT2D eigenvalue weighted by molar-refractivity contribution is 6.09. The molecule has 0 saturated carbocycles. The second kappa shape index (κ2) is 9.88.